The van der Waals surface area contributed by atoms with Gasteiger partial charge in [-0.1, -0.05) is 24.3 Å². The van der Waals surface area contributed by atoms with Gasteiger partial charge in [-0.05, 0) is 35.4 Å². The molecule has 0 fully saturated rings. The first-order chi connectivity index (χ1) is 16.0. The maximum atomic E-state index is 14.8. The van der Waals surface area contributed by atoms with Gasteiger partial charge in [0.05, 0.1) is 22.3 Å². The monoisotopic (exact) mass is 482 g/mol. The number of phenolic OH excluding ortho intramolecular Hbond substituents is 2. The molecule has 0 bridgehead atoms. The average molecular weight is 482 g/mol. The molecule has 4 aromatic carbocycles. The SMILES string of the molecule is Oc1ccc(-c2c(F)c(F)c(-c3c(F)c(F)c(-c4ccc(O)cc4)c(F)c3F)c(F)c2F)cc1. The highest BCUT2D eigenvalue weighted by molar-refractivity contribution is 5.77. The Morgan fingerprint density at radius 1 is 0.324 bits per heavy atom. The molecule has 34 heavy (non-hydrogen) atoms. The molecule has 0 aliphatic carbocycles. The summed E-state index contributed by atoms with van der Waals surface area (Å²) in [6, 6.07) is 7.53. The highest BCUT2D eigenvalue weighted by Gasteiger charge is 2.34. The van der Waals surface area contributed by atoms with Crippen LogP contribution in [-0.4, -0.2) is 10.2 Å². The third kappa shape index (κ3) is 3.51. The maximum Gasteiger partial charge on any atom is 0.170 e. The van der Waals surface area contributed by atoms with Crippen molar-refractivity contribution in [1.82, 2.24) is 0 Å². The van der Waals surface area contributed by atoms with Crippen molar-refractivity contribution in [2.24, 2.45) is 0 Å². The van der Waals surface area contributed by atoms with Crippen LogP contribution in [0.1, 0.15) is 0 Å². The van der Waals surface area contributed by atoms with Gasteiger partial charge >= 0.3 is 0 Å². The summed E-state index contributed by atoms with van der Waals surface area (Å²) in [6.45, 7) is 0. The minimum Gasteiger partial charge on any atom is -0.508 e. The topological polar surface area (TPSA) is 40.5 Å². The molecule has 0 aliphatic heterocycles. The van der Waals surface area contributed by atoms with Gasteiger partial charge in [-0.25, -0.2) is 35.1 Å². The van der Waals surface area contributed by atoms with Gasteiger partial charge in [0.1, 0.15) is 11.5 Å². The zero-order valence-electron chi connectivity index (χ0n) is 16.5. The summed E-state index contributed by atoms with van der Waals surface area (Å²) in [7, 11) is 0. The van der Waals surface area contributed by atoms with Crippen molar-refractivity contribution >= 4 is 0 Å². The molecular weight excluding hydrogens is 472 g/mol. The van der Waals surface area contributed by atoms with Gasteiger partial charge in [0.25, 0.3) is 0 Å². The highest BCUT2D eigenvalue weighted by atomic mass is 19.2. The second-order valence-electron chi connectivity index (χ2n) is 7.11. The van der Waals surface area contributed by atoms with Gasteiger partial charge in [0.15, 0.2) is 46.5 Å². The van der Waals surface area contributed by atoms with Crippen LogP contribution in [0.15, 0.2) is 48.5 Å². The molecule has 4 rings (SSSR count). The van der Waals surface area contributed by atoms with Gasteiger partial charge in [-0.3, -0.25) is 0 Å². The molecule has 4 aromatic rings. The van der Waals surface area contributed by atoms with E-state index in [1.54, 1.807) is 0 Å². The van der Waals surface area contributed by atoms with Crippen LogP contribution in [0.5, 0.6) is 11.5 Å². The van der Waals surface area contributed by atoms with E-state index in [0.717, 1.165) is 48.5 Å². The fourth-order valence-electron chi connectivity index (χ4n) is 3.47. The predicted octanol–water partition coefficient (Wildman–Crippen LogP) is 7.21. The van der Waals surface area contributed by atoms with Crippen LogP contribution >= 0.6 is 0 Å². The van der Waals surface area contributed by atoms with Crippen molar-refractivity contribution in [3.8, 4) is 44.9 Å². The molecule has 0 spiro atoms. The van der Waals surface area contributed by atoms with E-state index in [9.17, 15) is 45.3 Å². The van der Waals surface area contributed by atoms with Crippen LogP contribution in [0.3, 0.4) is 0 Å². The Morgan fingerprint density at radius 3 is 0.765 bits per heavy atom. The summed E-state index contributed by atoms with van der Waals surface area (Å²) in [5, 5.41) is 18.5. The van der Waals surface area contributed by atoms with Crippen LogP contribution in [0.25, 0.3) is 33.4 Å². The Balaban J connectivity index is 2.00. The molecule has 2 N–H and O–H groups in total. The van der Waals surface area contributed by atoms with E-state index in [1.165, 1.54) is 0 Å². The van der Waals surface area contributed by atoms with E-state index in [-0.39, 0.29) is 11.5 Å². The van der Waals surface area contributed by atoms with E-state index in [0.29, 0.717) is 0 Å². The maximum absolute atomic E-state index is 14.8. The first kappa shape index (κ1) is 23.1. The lowest BCUT2D eigenvalue weighted by atomic mass is 9.94. The molecule has 0 aliphatic rings. The highest BCUT2D eigenvalue weighted by Crippen LogP contribution is 2.42. The number of benzene rings is 4. The summed E-state index contributed by atoms with van der Waals surface area (Å²) < 4.78 is 118. The molecule has 174 valence electrons. The Bertz CT molecular complexity index is 1260. The average Bonchev–Trinajstić information content (AvgIpc) is 2.81. The number of halogens is 8. The van der Waals surface area contributed by atoms with Crippen molar-refractivity contribution in [3.05, 3.63) is 95.1 Å². The Morgan fingerprint density at radius 2 is 0.529 bits per heavy atom. The van der Waals surface area contributed by atoms with E-state index in [2.05, 4.69) is 0 Å². The summed E-state index contributed by atoms with van der Waals surface area (Å²) >= 11 is 0. The summed E-state index contributed by atoms with van der Waals surface area (Å²) in [5.41, 5.74) is -7.36. The zero-order chi connectivity index (χ0) is 24.9. The summed E-state index contributed by atoms with van der Waals surface area (Å²) in [4.78, 5) is 0. The number of hydrogen-bond donors (Lipinski definition) is 2. The molecule has 10 heteroatoms. The Kier molecular flexibility index (Phi) is 5.68. The predicted molar refractivity (Wildman–Crippen MR) is 106 cm³/mol. The standard InChI is InChI=1S/C24H10F8O2/c25-17-13(9-1-5-11(33)6-2-9)18(26)22(30)15(21(17)29)16-23(31)19(27)14(20(28)24(16)32)10-3-7-12(34)8-4-10/h1-8,33-34H. The lowest BCUT2D eigenvalue weighted by molar-refractivity contribution is 0.446. The molecule has 0 saturated carbocycles. The molecule has 0 unspecified atom stereocenters. The molecule has 0 aromatic heterocycles. The van der Waals surface area contributed by atoms with Gasteiger partial charge in [-0.2, -0.15) is 0 Å². The van der Waals surface area contributed by atoms with Gasteiger partial charge in [0, 0.05) is 0 Å². The smallest absolute Gasteiger partial charge is 0.170 e. The fourth-order valence-corrected chi connectivity index (χ4v) is 3.47. The van der Waals surface area contributed by atoms with Gasteiger partial charge in [-0.15, -0.1) is 0 Å². The fraction of sp³-hybridized carbons (Fsp3) is 0. The molecule has 0 saturated heterocycles. The molecule has 2 nitrogen and oxygen atoms in total. The Labute approximate surface area is 186 Å². The van der Waals surface area contributed by atoms with E-state index < -0.39 is 79.9 Å². The summed E-state index contributed by atoms with van der Waals surface area (Å²) in [6.07, 6.45) is 0. The van der Waals surface area contributed by atoms with Crippen molar-refractivity contribution in [1.29, 1.82) is 0 Å². The van der Waals surface area contributed by atoms with Crippen LogP contribution in [0.2, 0.25) is 0 Å². The van der Waals surface area contributed by atoms with Crippen LogP contribution in [0.4, 0.5) is 35.1 Å². The first-order valence-electron chi connectivity index (χ1n) is 9.35. The van der Waals surface area contributed by atoms with Crippen LogP contribution < -0.4 is 0 Å². The minimum absolute atomic E-state index is 0.328. The lowest BCUT2D eigenvalue weighted by Crippen LogP contribution is -2.09. The van der Waals surface area contributed by atoms with E-state index in [4.69, 9.17) is 0 Å². The number of phenols is 2. The molecule has 0 radical (unpaired) electrons. The van der Waals surface area contributed by atoms with Crippen molar-refractivity contribution in [2.45, 2.75) is 0 Å². The van der Waals surface area contributed by atoms with Crippen molar-refractivity contribution in [2.75, 3.05) is 0 Å². The van der Waals surface area contributed by atoms with Gasteiger partial charge < -0.3 is 10.2 Å². The van der Waals surface area contributed by atoms with Crippen LogP contribution in [0, 0.1) is 46.5 Å². The van der Waals surface area contributed by atoms with Crippen molar-refractivity contribution in [3.63, 3.8) is 0 Å². The zero-order valence-corrected chi connectivity index (χ0v) is 16.5. The lowest BCUT2D eigenvalue weighted by Gasteiger charge is -2.16. The molecular formula is C24H10F8O2. The third-order valence-corrected chi connectivity index (χ3v) is 5.09. The molecule has 0 heterocycles. The van der Waals surface area contributed by atoms with Crippen molar-refractivity contribution < 1.29 is 45.3 Å². The van der Waals surface area contributed by atoms with E-state index in [1.807, 2.05) is 0 Å². The first-order valence-corrected chi connectivity index (χ1v) is 9.35. The minimum atomic E-state index is -2.30. The number of rotatable bonds is 3. The second-order valence-corrected chi connectivity index (χ2v) is 7.11. The second kappa shape index (κ2) is 8.36. The number of aromatic hydroxyl groups is 2. The quantitative estimate of drug-likeness (QED) is 0.239. The third-order valence-electron chi connectivity index (χ3n) is 5.09. The molecule has 0 amide bonds. The largest absolute Gasteiger partial charge is 0.508 e. The number of hydrogen-bond acceptors (Lipinski definition) is 2. The Hall–Kier alpha value is -4.08. The van der Waals surface area contributed by atoms with E-state index >= 15 is 0 Å². The van der Waals surface area contributed by atoms with Crippen LogP contribution in [-0.2, 0) is 0 Å². The molecule has 0 atom stereocenters. The summed E-state index contributed by atoms with van der Waals surface area (Å²) in [5.74, 6) is -18.2. The normalized spacial score (nSPS) is 11.2. The van der Waals surface area contributed by atoms with Gasteiger partial charge in [0.2, 0.25) is 0 Å².